The highest BCUT2D eigenvalue weighted by molar-refractivity contribution is 5.18. The Morgan fingerprint density at radius 2 is 1.86 bits per heavy atom. The maximum Gasteiger partial charge on any atom is 0.0332 e. The van der Waals surface area contributed by atoms with Gasteiger partial charge in [0.15, 0.2) is 0 Å². The third-order valence-electron chi connectivity index (χ3n) is 4.33. The van der Waals surface area contributed by atoms with E-state index in [4.69, 9.17) is 0 Å². The summed E-state index contributed by atoms with van der Waals surface area (Å²) in [6.07, 6.45) is 6.60. The van der Waals surface area contributed by atoms with Gasteiger partial charge in [-0.25, -0.2) is 0 Å². The molecule has 0 spiro atoms. The maximum atomic E-state index is 3.73. The molecular formula is C19H32N2. The summed E-state index contributed by atoms with van der Waals surface area (Å²) in [6.45, 7) is 9.45. The van der Waals surface area contributed by atoms with E-state index in [1.165, 1.54) is 57.3 Å². The molecule has 21 heavy (non-hydrogen) atoms. The minimum absolute atomic E-state index is 0.504. The van der Waals surface area contributed by atoms with Crippen molar-refractivity contribution in [1.29, 1.82) is 0 Å². The van der Waals surface area contributed by atoms with Crippen molar-refractivity contribution in [2.24, 2.45) is 5.92 Å². The van der Waals surface area contributed by atoms with Crippen molar-refractivity contribution in [2.45, 2.75) is 52.0 Å². The summed E-state index contributed by atoms with van der Waals surface area (Å²) in [5, 5.41) is 3.73. The molecule has 1 fully saturated rings. The van der Waals surface area contributed by atoms with Crippen LogP contribution in [0.3, 0.4) is 0 Å². The van der Waals surface area contributed by atoms with E-state index in [-0.39, 0.29) is 0 Å². The zero-order valence-electron chi connectivity index (χ0n) is 13.9. The molecule has 0 aromatic heterocycles. The lowest BCUT2D eigenvalue weighted by molar-refractivity contribution is 0.247. The average Bonchev–Trinajstić information content (AvgIpc) is 3.32. The molecule has 2 nitrogen and oxygen atoms in total. The fourth-order valence-electron chi connectivity index (χ4n) is 2.98. The molecular weight excluding hydrogens is 256 g/mol. The summed E-state index contributed by atoms with van der Waals surface area (Å²) in [5.74, 6) is 0.996. The van der Waals surface area contributed by atoms with Crippen LogP contribution in [0.1, 0.15) is 57.6 Å². The number of nitrogens with one attached hydrogen (secondary N) is 1. The average molecular weight is 288 g/mol. The van der Waals surface area contributed by atoms with Gasteiger partial charge in [-0.05, 0) is 63.2 Å². The molecule has 0 radical (unpaired) electrons. The molecule has 0 heterocycles. The number of benzene rings is 1. The van der Waals surface area contributed by atoms with Gasteiger partial charge in [-0.2, -0.15) is 0 Å². The van der Waals surface area contributed by atoms with E-state index < -0.39 is 0 Å². The van der Waals surface area contributed by atoms with Crippen LogP contribution < -0.4 is 5.32 Å². The van der Waals surface area contributed by atoms with Crippen molar-refractivity contribution in [3.63, 3.8) is 0 Å². The van der Waals surface area contributed by atoms with E-state index in [2.05, 4.69) is 54.4 Å². The Morgan fingerprint density at radius 3 is 2.48 bits per heavy atom. The van der Waals surface area contributed by atoms with E-state index in [1.54, 1.807) is 0 Å². The Bertz CT molecular complexity index is 372. The van der Waals surface area contributed by atoms with Crippen LogP contribution in [0.25, 0.3) is 0 Å². The predicted molar refractivity (Wildman–Crippen MR) is 91.5 cm³/mol. The van der Waals surface area contributed by atoms with Crippen molar-refractivity contribution >= 4 is 0 Å². The molecule has 1 unspecified atom stereocenters. The van der Waals surface area contributed by atoms with Crippen molar-refractivity contribution in [3.05, 3.63) is 35.9 Å². The van der Waals surface area contributed by atoms with Crippen LogP contribution in [0, 0.1) is 5.92 Å². The molecule has 1 N–H and O–H groups in total. The maximum absolute atomic E-state index is 3.73. The number of rotatable bonds is 11. The number of hydrogen-bond acceptors (Lipinski definition) is 2. The van der Waals surface area contributed by atoms with Gasteiger partial charge in [0.1, 0.15) is 0 Å². The molecule has 0 amide bonds. The summed E-state index contributed by atoms with van der Waals surface area (Å²) in [6, 6.07) is 11.5. The lowest BCUT2D eigenvalue weighted by Gasteiger charge is -2.26. The van der Waals surface area contributed by atoms with E-state index in [9.17, 15) is 0 Å². The number of hydrogen-bond donors (Lipinski definition) is 1. The van der Waals surface area contributed by atoms with Crippen LogP contribution in [0.2, 0.25) is 0 Å². The first-order chi connectivity index (χ1) is 10.3. The fraction of sp³-hybridized carbons (Fsp3) is 0.684. The van der Waals surface area contributed by atoms with Crippen LogP contribution in [0.5, 0.6) is 0 Å². The SMILES string of the molecule is CCCNC(CCN(CCC)CC1CC1)c1ccccc1. The largest absolute Gasteiger partial charge is 0.310 e. The summed E-state index contributed by atoms with van der Waals surface area (Å²) >= 11 is 0. The quantitative estimate of drug-likeness (QED) is 0.655. The molecule has 1 aromatic carbocycles. The summed E-state index contributed by atoms with van der Waals surface area (Å²) in [4.78, 5) is 2.68. The Balaban J connectivity index is 1.87. The van der Waals surface area contributed by atoms with Crippen molar-refractivity contribution in [3.8, 4) is 0 Å². The Hall–Kier alpha value is -0.860. The molecule has 0 saturated heterocycles. The van der Waals surface area contributed by atoms with E-state index in [1.807, 2.05) is 0 Å². The van der Waals surface area contributed by atoms with Gasteiger partial charge >= 0.3 is 0 Å². The van der Waals surface area contributed by atoms with Gasteiger partial charge in [0.25, 0.3) is 0 Å². The third-order valence-corrected chi connectivity index (χ3v) is 4.33. The molecule has 1 saturated carbocycles. The second-order valence-corrected chi connectivity index (χ2v) is 6.45. The molecule has 0 bridgehead atoms. The second-order valence-electron chi connectivity index (χ2n) is 6.45. The van der Waals surface area contributed by atoms with Gasteiger partial charge in [-0.3, -0.25) is 0 Å². The minimum atomic E-state index is 0.504. The standard InChI is InChI=1S/C19H32N2/c1-3-13-20-19(18-8-6-5-7-9-18)12-15-21(14-4-2)16-17-10-11-17/h5-9,17,19-20H,3-4,10-16H2,1-2H3. The van der Waals surface area contributed by atoms with Crippen LogP contribution >= 0.6 is 0 Å². The Kier molecular flexibility index (Phi) is 7.25. The van der Waals surface area contributed by atoms with Gasteiger partial charge in [0.05, 0.1) is 0 Å². The minimum Gasteiger partial charge on any atom is -0.310 e. The predicted octanol–water partition coefficient (Wildman–Crippen LogP) is 4.24. The van der Waals surface area contributed by atoms with Crippen LogP contribution in [0.4, 0.5) is 0 Å². The molecule has 118 valence electrons. The van der Waals surface area contributed by atoms with E-state index in [0.29, 0.717) is 6.04 Å². The molecule has 2 rings (SSSR count). The Morgan fingerprint density at radius 1 is 1.10 bits per heavy atom. The molecule has 0 aliphatic heterocycles. The first-order valence-electron chi connectivity index (χ1n) is 8.84. The monoisotopic (exact) mass is 288 g/mol. The van der Waals surface area contributed by atoms with Crippen molar-refractivity contribution < 1.29 is 0 Å². The van der Waals surface area contributed by atoms with Crippen LogP contribution in [-0.4, -0.2) is 31.1 Å². The van der Waals surface area contributed by atoms with Crippen LogP contribution in [-0.2, 0) is 0 Å². The van der Waals surface area contributed by atoms with Crippen molar-refractivity contribution in [1.82, 2.24) is 10.2 Å². The zero-order valence-corrected chi connectivity index (χ0v) is 13.9. The fourth-order valence-corrected chi connectivity index (χ4v) is 2.98. The normalized spacial score (nSPS) is 16.3. The first-order valence-corrected chi connectivity index (χ1v) is 8.84. The third kappa shape index (κ3) is 6.19. The van der Waals surface area contributed by atoms with Gasteiger partial charge in [-0.1, -0.05) is 44.2 Å². The lowest BCUT2D eigenvalue weighted by atomic mass is 10.0. The molecule has 1 aliphatic carbocycles. The zero-order chi connectivity index (χ0) is 14.9. The molecule has 2 heteroatoms. The van der Waals surface area contributed by atoms with Gasteiger partial charge in [0.2, 0.25) is 0 Å². The molecule has 1 aromatic rings. The summed E-state index contributed by atoms with van der Waals surface area (Å²) in [7, 11) is 0. The lowest BCUT2D eigenvalue weighted by Crippen LogP contribution is -2.32. The topological polar surface area (TPSA) is 15.3 Å². The molecule has 1 atom stereocenters. The van der Waals surface area contributed by atoms with E-state index in [0.717, 1.165) is 12.5 Å². The van der Waals surface area contributed by atoms with Gasteiger partial charge in [-0.15, -0.1) is 0 Å². The molecule has 1 aliphatic rings. The second kappa shape index (κ2) is 9.22. The summed E-state index contributed by atoms with van der Waals surface area (Å²) < 4.78 is 0. The highest BCUT2D eigenvalue weighted by atomic mass is 15.1. The van der Waals surface area contributed by atoms with Gasteiger partial charge in [0, 0.05) is 12.6 Å². The van der Waals surface area contributed by atoms with Crippen LogP contribution in [0.15, 0.2) is 30.3 Å². The van der Waals surface area contributed by atoms with Gasteiger partial charge < -0.3 is 10.2 Å². The van der Waals surface area contributed by atoms with E-state index >= 15 is 0 Å². The number of nitrogens with zero attached hydrogens (tertiary/aromatic N) is 1. The highest BCUT2D eigenvalue weighted by Gasteiger charge is 2.24. The Labute approximate surface area is 130 Å². The van der Waals surface area contributed by atoms with Crippen molar-refractivity contribution in [2.75, 3.05) is 26.2 Å². The smallest absolute Gasteiger partial charge is 0.0332 e. The first kappa shape index (κ1) is 16.5. The highest BCUT2D eigenvalue weighted by Crippen LogP contribution is 2.30. The summed E-state index contributed by atoms with van der Waals surface area (Å²) in [5.41, 5.74) is 1.44.